The van der Waals surface area contributed by atoms with E-state index in [9.17, 15) is 14.4 Å². The number of benzene rings is 1. The van der Waals surface area contributed by atoms with E-state index < -0.39 is 17.9 Å². The van der Waals surface area contributed by atoms with Gasteiger partial charge in [0.25, 0.3) is 0 Å². The number of hydrogen-bond acceptors (Lipinski definition) is 6. The van der Waals surface area contributed by atoms with Crippen LogP contribution < -0.4 is 0 Å². The number of esters is 3. The van der Waals surface area contributed by atoms with E-state index in [4.69, 9.17) is 14.2 Å². The predicted octanol–water partition coefficient (Wildman–Crippen LogP) is 1.54. The molecule has 0 radical (unpaired) electrons. The smallest absolute Gasteiger partial charge is 0.339 e. The number of nitrogens with zero attached hydrogens (tertiary/aromatic N) is 1. The lowest BCUT2D eigenvalue weighted by Crippen LogP contribution is -2.18. The van der Waals surface area contributed by atoms with E-state index >= 15 is 0 Å². The van der Waals surface area contributed by atoms with E-state index in [-0.39, 0.29) is 16.7 Å². The van der Waals surface area contributed by atoms with Gasteiger partial charge in [0.1, 0.15) is 0 Å². The molecule has 0 aliphatic carbocycles. The molecule has 0 aliphatic heterocycles. The van der Waals surface area contributed by atoms with Crippen molar-refractivity contribution < 1.29 is 28.6 Å². The van der Waals surface area contributed by atoms with Gasteiger partial charge in [0.15, 0.2) is 0 Å². The van der Waals surface area contributed by atoms with Gasteiger partial charge in [0.05, 0.1) is 38.0 Å². The topological polar surface area (TPSA) is 83.8 Å². The van der Waals surface area contributed by atoms with Gasteiger partial charge in [0.2, 0.25) is 0 Å². The molecule has 0 aliphatic rings. The Hall–Kier alpha value is -2.83. The van der Waals surface area contributed by atoms with Crippen molar-refractivity contribution in [2.45, 2.75) is 0 Å². The van der Waals surface area contributed by atoms with Gasteiger partial charge in [-0.3, -0.25) is 0 Å². The summed E-state index contributed by atoms with van der Waals surface area (Å²) in [5.41, 5.74) is 0.352. The number of carbonyl (C=O) groups is 3. The molecule has 0 spiro atoms. The summed E-state index contributed by atoms with van der Waals surface area (Å²) in [6, 6.07) is 3.15. The highest BCUT2D eigenvalue weighted by atomic mass is 16.5. The second kappa shape index (κ2) is 5.88. The van der Waals surface area contributed by atoms with Crippen LogP contribution in [0.4, 0.5) is 0 Å². The van der Waals surface area contributed by atoms with Gasteiger partial charge in [0, 0.05) is 24.1 Å². The summed E-state index contributed by atoms with van der Waals surface area (Å²) < 4.78 is 15.9. The first-order chi connectivity index (χ1) is 10.5. The fourth-order valence-electron chi connectivity index (χ4n) is 2.31. The van der Waals surface area contributed by atoms with Crippen molar-refractivity contribution >= 4 is 28.8 Å². The number of aromatic nitrogens is 1. The molecular weight excluding hydrogens is 290 g/mol. The highest BCUT2D eigenvalue weighted by Gasteiger charge is 2.29. The molecule has 0 amide bonds. The number of hydrogen-bond donors (Lipinski definition) is 0. The molecular formula is C15H15NO6. The van der Waals surface area contributed by atoms with Crippen LogP contribution in [0.25, 0.3) is 10.9 Å². The Labute approximate surface area is 126 Å². The molecule has 7 nitrogen and oxygen atoms in total. The van der Waals surface area contributed by atoms with E-state index in [1.54, 1.807) is 23.9 Å². The second-order valence-electron chi connectivity index (χ2n) is 4.51. The van der Waals surface area contributed by atoms with Crippen LogP contribution >= 0.6 is 0 Å². The molecule has 1 aromatic heterocycles. The Morgan fingerprint density at radius 3 is 2.00 bits per heavy atom. The van der Waals surface area contributed by atoms with Gasteiger partial charge >= 0.3 is 17.9 Å². The maximum Gasteiger partial charge on any atom is 0.339 e. The quantitative estimate of drug-likeness (QED) is 0.632. The van der Waals surface area contributed by atoms with Crippen molar-refractivity contribution in [3.05, 3.63) is 35.0 Å². The maximum absolute atomic E-state index is 12.1. The zero-order valence-corrected chi connectivity index (χ0v) is 12.6. The molecule has 1 heterocycles. The number of aryl methyl sites for hydroxylation is 1. The fourth-order valence-corrected chi connectivity index (χ4v) is 2.31. The van der Waals surface area contributed by atoms with Crippen molar-refractivity contribution in [1.82, 2.24) is 4.57 Å². The lowest BCUT2D eigenvalue weighted by molar-refractivity contribution is 0.0537. The van der Waals surface area contributed by atoms with Crippen molar-refractivity contribution in [3.63, 3.8) is 0 Å². The van der Waals surface area contributed by atoms with Gasteiger partial charge in [-0.05, 0) is 12.1 Å². The molecule has 0 saturated carbocycles. The zero-order valence-electron chi connectivity index (χ0n) is 12.6. The molecule has 22 heavy (non-hydrogen) atoms. The minimum atomic E-state index is -0.813. The predicted molar refractivity (Wildman–Crippen MR) is 76.9 cm³/mol. The first-order valence-electron chi connectivity index (χ1n) is 6.33. The average molecular weight is 305 g/mol. The van der Waals surface area contributed by atoms with Gasteiger partial charge in [-0.25, -0.2) is 14.4 Å². The molecule has 0 unspecified atom stereocenters. The fraction of sp³-hybridized carbons (Fsp3) is 0.267. The third-order valence-electron chi connectivity index (χ3n) is 3.37. The molecule has 0 atom stereocenters. The monoisotopic (exact) mass is 305 g/mol. The molecule has 1 aromatic carbocycles. The summed E-state index contributed by atoms with van der Waals surface area (Å²) >= 11 is 0. The van der Waals surface area contributed by atoms with Crippen molar-refractivity contribution in [1.29, 1.82) is 0 Å². The van der Waals surface area contributed by atoms with Crippen LogP contribution in [0.15, 0.2) is 18.3 Å². The second-order valence-corrected chi connectivity index (χ2v) is 4.51. The SMILES string of the molecule is COC(=O)c1cc2c(ccn2C)c(C(=O)OC)c1C(=O)OC. The van der Waals surface area contributed by atoms with Crippen LogP contribution in [0.3, 0.4) is 0 Å². The van der Waals surface area contributed by atoms with Crippen LogP contribution in [-0.2, 0) is 21.3 Å². The van der Waals surface area contributed by atoms with E-state index in [2.05, 4.69) is 0 Å². The average Bonchev–Trinajstić information content (AvgIpc) is 2.91. The van der Waals surface area contributed by atoms with Crippen molar-refractivity contribution in [3.8, 4) is 0 Å². The summed E-state index contributed by atoms with van der Waals surface area (Å²) in [5, 5.41) is 0.488. The highest BCUT2D eigenvalue weighted by molar-refractivity contribution is 6.17. The van der Waals surface area contributed by atoms with Gasteiger partial charge < -0.3 is 18.8 Å². The molecule has 2 aromatic rings. The van der Waals surface area contributed by atoms with E-state index in [0.29, 0.717) is 10.9 Å². The van der Waals surface area contributed by atoms with E-state index in [1.165, 1.54) is 27.4 Å². The maximum atomic E-state index is 12.1. The minimum Gasteiger partial charge on any atom is -0.465 e. The Morgan fingerprint density at radius 2 is 1.45 bits per heavy atom. The number of rotatable bonds is 3. The number of fused-ring (bicyclic) bond motifs is 1. The minimum absolute atomic E-state index is 0.0205. The number of carbonyl (C=O) groups excluding carboxylic acids is 3. The van der Waals surface area contributed by atoms with Crippen LogP contribution in [0.2, 0.25) is 0 Å². The summed E-state index contributed by atoms with van der Waals surface area (Å²) in [6.07, 6.45) is 1.71. The molecule has 7 heteroatoms. The van der Waals surface area contributed by atoms with Gasteiger partial charge in [-0.2, -0.15) is 0 Å². The van der Waals surface area contributed by atoms with Crippen LogP contribution in [-0.4, -0.2) is 43.8 Å². The molecule has 116 valence electrons. The van der Waals surface area contributed by atoms with Gasteiger partial charge in [-0.15, -0.1) is 0 Å². The van der Waals surface area contributed by atoms with Crippen LogP contribution in [0.1, 0.15) is 31.1 Å². The Morgan fingerprint density at radius 1 is 0.909 bits per heavy atom. The summed E-state index contributed by atoms with van der Waals surface area (Å²) in [4.78, 5) is 36.3. The largest absolute Gasteiger partial charge is 0.465 e. The van der Waals surface area contributed by atoms with Crippen LogP contribution in [0, 0.1) is 0 Å². The molecule has 0 fully saturated rings. The van der Waals surface area contributed by atoms with E-state index in [0.717, 1.165) is 0 Å². The standard InChI is InChI=1S/C15H15NO6/c1-16-6-5-8-10(16)7-9(13(17)20-2)12(15(19)22-4)11(8)14(18)21-3/h5-7H,1-4H3. The molecule has 2 rings (SSSR count). The third kappa shape index (κ3) is 2.30. The molecule has 0 N–H and O–H groups in total. The van der Waals surface area contributed by atoms with Gasteiger partial charge in [-0.1, -0.05) is 0 Å². The molecule has 0 bridgehead atoms. The van der Waals surface area contributed by atoms with E-state index in [1.807, 2.05) is 0 Å². The molecule has 0 saturated heterocycles. The summed E-state index contributed by atoms with van der Waals surface area (Å²) in [5.74, 6) is -2.29. The normalized spacial score (nSPS) is 10.4. The Bertz CT molecular complexity index is 774. The lowest BCUT2D eigenvalue weighted by Gasteiger charge is -2.13. The lowest BCUT2D eigenvalue weighted by atomic mass is 9.97. The first kappa shape index (κ1) is 15.6. The number of ether oxygens (including phenoxy) is 3. The van der Waals surface area contributed by atoms with Crippen molar-refractivity contribution in [2.75, 3.05) is 21.3 Å². The summed E-state index contributed by atoms with van der Waals surface area (Å²) in [7, 11) is 5.31. The van der Waals surface area contributed by atoms with Crippen molar-refractivity contribution in [2.24, 2.45) is 7.05 Å². The Kier molecular flexibility index (Phi) is 4.16. The third-order valence-corrected chi connectivity index (χ3v) is 3.37. The highest BCUT2D eigenvalue weighted by Crippen LogP contribution is 2.28. The summed E-state index contributed by atoms with van der Waals surface area (Å²) in [6.45, 7) is 0. The first-order valence-corrected chi connectivity index (χ1v) is 6.33. The van der Waals surface area contributed by atoms with Crippen LogP contribution in [0.5, 0.6) is 0 Å². The Balaban J connectivity index is 2.98. The zero-order chi connectivity index (χ0) is 16.4. The number of methoxy groups -OCH3 is 3.